The molecule has 1 saturated carbocycles. The number of nitriles is 1. The van der Waals surface area contributed by atoms with E-state index in [1.54, 1.807) is 0 Å². The summed E-state index contributed by atoms with van der Waals surface area (Å²) in [7, 11) is 0. The van der Waals surface area contributed by atoms with E-state index in [-0.39, 0.29) is 0 Å². The van der Waals surface area contributed by atoms with Crippen LogP contribution in [0, 0.1) is 16.7 Å². The second-order valence-electron chi connectivity index (χ2n) is 6.77. The Hall–Kier alpha value is -0.590. The highest BCUT2D eigenvalue weighted by molar-refractivity contribution is 5.03. The van der Waals surface area contributed by atoms with Crippen molar-refractivity contribution in [1.82, 2.24) is 4.90 Å². The molecule has 2 aliphatic rings. The molecule has 1 saturated heterocycles. The van der Waals surface area contributed by atoms with Crippen molar-refractivity contribution in [2.24, 2.45) is 11.1 Å². The summed E-state index contributed by atoms with van der Waals surface area (Å²) in [5.74, 6) is 0. The van der Waals surface area contributed by atoms with Crippen molar-refractivity contribution >= 4 is 0 Å². The van der Waals surface area contributed by atoms with Gasteiger partial charge in [0.05, 0.1) is 6.07 Å². The van der Waals surface area contributed by atoms with Crippen molar-refractivity contribution in [1.29, 1.82) is 5.26 Å². The first-order valence-corrected chi connectivity index (χ1v) is 8.04. The molecule has 0 radical (unpaired) electrons. The molecule has 1 aliphatic carbocycles. The van der Waals surface area contributed by atoms with Gasteiger partial charge >= 0.3 is 0 Å². The summed E-state index contributed by atoms with van der Waals surface area (Å²) < 4.78 is 0. The minimum absolute atomic E-state index is 0.595. The molecule has 19 heavy (non-hydrogen) atoms. The van der Waals surface area contributed by atoms with Crippen LogP contribution in [0.2, 0.25) is 0 Å². The van der Waals surface area contributed by atoms with E-state index in [2.05, 4.69) is 11.0 Å². The minimum Gasteiger partial charge on any atom is -0.313 e. The zero-order valence-corrected chi connectivity index (χ0v) is 12.5. The third kappa shape index (κ3) is 3.70. The minimum atomic E-state index is -0.595. The van der Waals surface area contributed by atoms with Gasteiger partial charge in [0.25, 0.3) is 0 Å². The molecule has 108 valence electrons. The lowest BCUT2D eigenvalue weighted by Crippen LogP contribution is -2.41. The third-order valence-corrected chi connectivity index (χ3v) is 5.53. The summed E-state index contributed by atoms with van der Waals surface area (Å²) in [5, 5.41) is 9.07. The van der Waals surface area contributed by atoms with Crippen LogP contribution in [0.5, 0.6) is 0 Å². The van der Waals surface area contributed by atoms with Gasteiger partial charge < -0.3 is 10.6 Å². The molecule has 1 atom stereocenters. The molecule has 2 N–H and O–H groups in total. The Labute approximate surface area is 118 Å². The maximum Gasteiger partial charge on any atom is 0.104 e. The van der Waals surface area contributed by atoms with Gasteiger partial charge in [0.1, 0.15) is 5.54 Å². The molecule has 2 fully saturated rings. The van der Waals surface area contributed by atoms with E-state index in [0.29, 0.717) is 5.41 Å². The molecular weight excluding hydrogens is 234 g/mol. The van der Waals surface area contributed by atoms with Gasteiger partial charge in [0.2, 0.25) is 0 Å². The molecule has 1 spiro atoms. The smallest absolute Gasteiger partial charge is 0.104 e. The van der Waals surface area contributed by atoms with E-state index in [1.807, 2.05) is 6.92 Å². The topological polar surface area (TPSA) is 53.1 Å². The fourth-order valence-electron chi connectivity index (χ4n) is 3.81. The van der Waals surface area contributed by atoms with Crippen LogP contribution in [0.25, 0.3) is 0 Å². The van der Waals surface area contributed by atoms with Crippen LogP contribution in [0.15, 0.2) is 0 Å². The number of hydrogen-bond acceptors (Lipinski definition) is 3. The van der Waals surface area contributed by atoms with E-state index in [1.165, 1.54) is 51.6 Å². The zero-order valence-electron chi connectivity index (χ0n) is 12.5. The first kappa shape index (κ1) is 14.8. The van der Waals surface area contributed by atoms with E-state index in [4.69, 9.17) is 11.0 Å². The largest absolute Gasteiger partial charge is 0.313 e. The maximum atomic E-state index is 9.07. The van der Waals surface area contributed by atoms with E-state index >= 15 is 0 Å². The quantitative estimate of drug-likeness (QED) is 0.829. The maximum absolute atomic E-state index is 9.07. The lowest BCUT2D eigenvalue weighted by molar-refractivity contribution is 0.106. The molecular formula is C16H29N3. The fraction of sp³-hybridized carbons (Fsp3) is 0.938. The highest BCUT2D eigenvalue weighted by Gasteiger charge is 2.36. The second-order valence-corrected chi connectivity index (χ2v) is 6.77. The number of likely N-dealkylation sites (tertiary alicyclic amines) is 1. The van der Waals surface area contributed by atoms with Crippen LogP contribution < -0.4 is 5.73 Å². The van der Waals surface area contributed by atoms with Crippen molar-refractivity contribution in [2.75, 3.05) is 19.6 Å². The first-order chi connectivity index (χ1) is 9.11. The van der Waals surface area contributed by atoms with Crippen molar-refractivity contribution in [3.8, 4) is 6.07 Å². The van der Waals surface area contributed by atoms with Crippen LogP contribution >= 0.6 is 0 Å². The molecule has 2 rings (SSSR count). The molecule has 0 aromatic carbocycles. The number of rotatable bonds is 5. The highest BCUT2D eigenvalue weighted by atomic mass is 15.1. The summed E-state index contributed by atoms with van der Waals surface area (Å²) >= 11 is 0. The lowest BCUT2D eigenvalue weighted by atomic mass is 9.77. The molecule has 0 aromatic rings. The number of nitrogens with two attached hydrogens (primary N) is 1. The van der Waals surface area contributed by atoms with E-state index < -0.39 is 5.54 Å². The standard InChI is InChI=1S/C16H29N3/c1-2-16(18,14-17)8-5-11-19-12-9-15(10-13-19)6-3-4-7-15/h2-13,18H2,1H3. The van der Waals surface area contributed by atoms with Crippen molar-refractivity contribution < 1.29 is 0 Å². The Morgan fingerprint density at radius 2 is 1.84 bits per heavy atom. The van der Waals surface area contributed by atoms with E-state index in [9.17, 15) is 0 Å². The average molecular weight is 263 g/mol. The van der Waals surface area contributed by atoms with Crippen LogP contribution in [-0.4, -0.2) is 30.1 Å². The Balaban J connectivity index is 1.67. The lowest BCUT2D eigenvalue weighted by Gasteiger charge is -2.39. The van der Waals surface area contributed by atoms with Gasteiger partial charge in [-0.25, -0.2) is 0 Å². The van der Waals surface area contributed by atoms with Gasteiger partial charge in [-0.05, 0) is 70.0 Å². The summed E-state index contributed by atoms with van der Waals surface area (Å²) in [4.78, 5) is 2.58. The molecule has 0 aromatic heterocycles. The van der Waals surface area contributed by atoms with Crippen molar-refractivity contribution in [3.05, 3.63) is 0 Å². The van der Waals surface area contributed by atoms with Crippen molar-refractivity contribution in [2.45, 2.75) is 70.3 Å². The summed E-state index contributed by atoms with van der Waals surface area (Å²) in [6.07, 6.45) is 11.3. The monoisotopic (exact) mass is 263 g/mol. The van der Waals surface area contributed by atoms with Crippen LogP contribution in [0.4, 0.5) is 0 Å². The van der Waals surface area contributed by atoms with Gasteiger partial charge in [-0.2, -0.15) is 5.26 Å². The Kier molecular flexibility index (Phi) is 4.86. The molecule has 3 heteroatoms. The predicted octanol–water partition coefficient (Wildman–Crippen LogP) is 3.05. The molecule has 3 nitrogen and oxygen atoms in total. The average Bonchev–Trinajstić information content (AvgIpc) is 2.89. The van der Waals surface area contributed by atoms with Gasteiger partial charge in [0.15, 0.2) is 0 Å². The molecule has 1 aliphatic heterocycles. The van der Waals surface area contributed by atoms with Crippen LogP contribution in [-0.2, 0) is 0 Å². The highest BCUT2D eigenvalue weighted by Crippen LogP contribution is 2.46. The zero-order chi connectivity index (χ0) is 13.8. The van der Waals surface area contributed by atoms with Crippen LogP contribution in [0.3, 0.4) is 0 Å². The Bertz CT molecular complexity index is 317. The molecule has 1 heterocycles. The SMILES string of the molecule is CCC(N)(C#N)CCCN1CCC2(CCCC2)CC1. The van der Waals surface area contributed by atoms with Gasteiger partial charge in [-0.15, -0.1) is 0 Å². The normalized spacial score (nSPS) is 26.2. The summed E-state index contributed by atoms with van der Waals surface area (Å²) in [6, 6.07) is 2.26. The molecule has 0 bridgehead atoms. The van der Waals surface area contributed by atoms with Crippen molar-refractivity contribution in [3.63, 3.8) is 0 Å². The second kappa shape index (κ2) is 6.24. The fourth-order valence-corrected chi connectivity index (χ4v) is 3.81. The summed E-state index contributed by atoms with van der Waals surface area (Å²) in [6.45, 7) is 5.65. The molecule has 1 unspecified atom stereocenters. The van der Waals surface area contributed by atoms with Crippen LogP contribution in [0.1, 0.15) is 64.7 Å². The van der Waals surface area contributed by atoms with Gasteiger partial charge in [-0.1, -0.05) is 19.8 Å². The summed E-state index contributed by atoms with van der Waals surface area (Å²) in [5.41, 5.74) is 6.14. The van der Waals surface area contributed by atoms with Gasteiger partial charge in [0, 0.05) is 0 Å². The first-order valence-electron chi connectivity index (χ1n) is 8.04. The number of nitrogens with zero attached hydrogens (tertiary/aromatic N) is 2. The van der Waals surface area contributed by atoms with Gasteiger partial charge in [-0.3, -0.25) is 0 Å². The Morgan fingerprint density at radius 3 is 2.37 bits per heavy atom. The Morgan fingerprint density at radius 1 is 1.21 bits per heavy atom. The van der Waals surface area contributed by atoms with E-state index in [0.717, 1.165) is 25.8 Å². The third-order valence-electron chi connectivity index (χ3n) is 5.53. The molecule has 0 amide bonds. The number of piperidine rings is 1. The predicted molar refractivity (Wildman–Crippen MR) is 78.6 cm³/mol. The number of hydrogen-bond donors (Lipinski definition) is 1.